The summed E-state index contributed by atoms with van der Waals surface area (Å²) in [4.78, 5) is 16.7. The third-order valence-electron chi connectivity index (χ3n) is 5.14. The first-order chi connectivity index (χ1) is 15.6. The molecule has 0 radical (unpaired) electrons. The van der Waals surface area contributed by atoms with Gasteiger partial charge in [-0.3, -0.25) is 0 Å². The minimum Gasteiger partial charge on any atom is -0.403 e. The number of alkyl halides is 6. The predicted octanol–water partition coefficient (Wildman–Crippen LogP) is 3.92. The van der Waals surface area contributed by atoms with Gasteiger partial charge in [0.05, 0.1) is 23.3 Å². The fourth-order valence-corrected chi connectivity index (χ4v) is 3.76. The second-order valence-electron chi connectivity index (χ2n) is 7.20. The molecule has 1 aliphatic rings. The zero-order valence-electron chi connectivity index (χ0n) is 16.4. The lowest BCUT2D eigenvalue weighted by molar-refractivity contribution is -0.274. The third kappa shape index (κ3) is 3.91. The van der Waals surface area contributed by atoms with Gasteiger partial charge in [-0.15, -0.1) is 13.2 Å². The molecule has 0 saturated carbocycles. The molecule has 0 fully saturated rings. The van der Waals surface area contributed by atoms with Crippen molar-refractivity contribution >= 4 is 11.5 Å². The first kappa shape index (κ1) is 21.0. The number of nitrogens with one attached hydrogen (secondary N) is 1. The van der Waals surface area contributed by atoms with Crippen LogP contribution in [0.2, 0.25) is 0 Å². The number of pyridine rings is 1. The van der Waals surface area contributed by atoms with E-state index in [-0.39, 0.29) is 11.5 Å². The summed E-state index contributed by atoms with van der Waals surface area (Å²) in [5.74, 6) is -0.440. The van der Waals surface area contributed by atoms with Crippen LogP contribution in [0.1, 0.15) is 28.7 Å². The minimum atomic E-state index is -4.90. The van der Waals surface area contributed by atoms with Gasteiger partial charge in [0.1, 0.15) is 11.6 Å². The number of nitrogens with zero attached hydrogens (tertiary/aromatic N) is 6. The zero-order valence-corrected chi connectivity index (χ0v) is 16.4. The Labute approximate surface area is 180 Å². The molecule has 5 heterocycles. The molecule has 5 rings (SSSR count). The highest BCUT2D eigenvalue weighted by molar-refractivity contribution is 5.62. The number of hydrogen-bond acceptors (Lipinski definition) is 6. The Hall–Kier alpha value is -3.84. The fourth-order valence-electron chi connectivity index (χ4n) is 3.76. The van der Waals surface area contributed by atoms with Crippen molar-refractivity contribution < 1.29 is 31.1 Å². The van der Waals surface area contributed by atoms with Gasteiger partial charge in [-0.1, -0.05) is 0 Å². The Morgan fingerprint density at radius 1 is 1.06 bits per heavy atom. The molecule has 0 aromatic carbocycles. The highest BCUT2D eigenvalue weighted by atomic mass is 19.4. The molecule has 14 heteroatoms. The number of rotatable bonds is 3. The van der Waals surface area contributed by atoms with Gasteiger partial charge in [-0.2, -0.15) is 18.3 Å². The first-order valence-electron chi connectivity index (χ1n) is 9.52. The quantitative estimate of drug-likeness (QED) is 0.458. The molecule has 0 amide bonds. The molecular formula is C19H13F6N7O. The summed E-state index contributed by atoms with van der Waals surface area (Å²) in [5, 5.41) is 4.38. The van der Waals surface area contributed by atoms with Gasteiger partial charge in [0.2, 0.25) is 5.95 Å². The van der Waals surface area contributed by atoms with Crippen molar-refractivity contribution in [2.45, 2.75) is 25.0 Å². The Balaban J connectivity index is 1.59. The van der Waals surface area contributed by atoms with E-state index in [9.17, 15) is 26.3 Å². The van der Waals surface area contributed by atoms with Gasteiger partial charge >= 0.3 is 12.5 Å². The van der Waals surface area contributed by atoms with E-state index in [1.807, 2.05) is 0 Å². The Bertz CT molecular complexity index is 1290. The highest BCUT2D eigenvalue weighted by Crippen LogP contribution is 2.37. The molecule has 8 nitrogen and oxygen atoms in total. The average Bonchev–Trinajstić information content (AvgIpc) is 3.39. The van der Waals surface area contributed by atoms with Crippen LogP contribution in [0.3, 0.4) is 0 Å². The van der Waals surface area contributed by atoms with Crippen molar-refractivity contribution in [1.82, 2.24) is 29.5 Å². The Kier molecular flexibility index (Phi) is 4.68. The smallest absolute Gasteiger partial charge is 0.403 e. The Morgan fingerprint density at radius 3 is 2.52 bits per heavy atom. The van der Waals surface area contributed by atoms with Gasteiger partial charge in [0.25, 0.3) is 0 Å². The number of imidazole rings is 1. The number of aromatic nitrogens is 6. The summed E-state index contributed by atoms with van der Waals surface area (Å²) in [5.41, 5.74) is 0.644. The molecule has 172 valence electrons. The molecule has 4 aromatic rings. The molecule has 4 aromatic heterocycles. The summed E-state index contributed by atoms with van der Waals surface area (Å²) >= 11 is 0. The number of halogens is 6. The van der Waals surface area contributed by atoms with Crippen LogP contribution in [-0.2, 0) is 12.6 Å². The third-order valence-corrected chi connectivity index (χ3v) is 5.14. The summed E-state index contributed by atoms with van der Waals surface area (Å²) < 4.78 is 82.5. The van der Waals surface area contributed by atoms with E-state index in [4.69, 9.17) is 0 Å². The topological polar surface area (TPSA) is 84.2 Å². The van der Waals surface area contributed by atoms with E-state index >= 15 is 0 Å². The molecule has 0 aliphatic carbocycles. The number of fused-ring (bicyclic) bond motifs is 2. The van der Waals surface area contributed by atoms with Crippen LogP contribution < -0.4 is 9.64 Å². The van der Waals surface area contributed by atoms with Crippen LogP contribution in [-0.4, -0.2) is 42.5 Å². The molecule has 0 saturated heterocycles. The van der Waals surface area contributed by atoms with Crippen molar-refractivity contribution in [3.05, 3.63) is 65.8 Å². The van der Waals surface area contributed by atoms with Crippen LogP contribution in [0.25, 0.3) is 5.52 Å². The van der Waals surface area contributed by atoms with Gasteiger partial charge in [-0.05, 0) is 18.2 Å². The van der Waals surface area contributed by atoms with Crippen molar-refractivity contribution in [3.8, 4) is 5.75 Å². The van der Waals surface area contributed by atoms with Crippen LogP contribution in [0.5, 0.6) is 5.75 Å². The van der Waals surface area contributed by atoms with Crippen molar-refractivity contribution in [2.24, 2.45) is 0 Å². The summed E-state index contributed by atoms with van der Waals surface area (Å²) in [7, 11) is 0. The number of H-pyrrole nitrogens is 1. The van der Waals surface area contributed by atoms with Crippen LogP contribution in [0.15, 0.2) is 43.1 Å². The second kappa shape index (κ2) is 7.35. The predicted molar refractivity (Wildman–Crippen MR) is 100 cm³/mol. The minimum absolute atomic E-state index is 0.00507. The monoisotopic (exact) mass is 469 g/mol. The Morgan fingerprint density at radius 2 is 1.82 bits per heavy atom. The van der Waals surface area contributed by atoms with E-state index in [1.54, 1.807) is 4.90 Å². The maximum Gasteiger partial charge on any atom is 0.573 e. The summed E-state index contributed by atoms with van der Waals surface area (Å²) in [6.45, 7) is 0.311. The number of aromatic amines is 1. The molecule has 1 atom stereocenters. The summed E-state index contributed by atoms with van der Waals surface area (Å²) in [6, 6.07) is 3.16. The van der Waals surface area contributed by atoms with E-state index in [1.165, 1.54) is 29.2 Å². The van der Waals surface area contributed by atoms with Gasteiger partial charge in [0.15, 0.2) is 5.75 Å². The van der Waals surface area contributed by atoms with Crippen molar-refractivity contribution in [1.29, 1.82) is 0 Å². The van der Waals surface area contributed by atoms with Gasteiger partial charge in [0, 0.05) is 37.3 Å². The van der Waals surface area contributed by atoms with E-state index < -0.39 is 29.9 Å². The van der Waals surface area contributed by atoms with Crippen molar-refractivity contribution in [3.63, 3.8) is 0 Å². The molecule has 0 bridgehead atoms. The molecule has 0 spiro atoms. The lowest BCUT2D eigenvalue weighted by Gasteiger charge is -2.33. The fraction of sp³-hybridized carbons (Fsp3) is 0.263. The maximum absolute atomic E-state index is 12.9. The van der Waals surface area contributed by atoms with Crippen molar-refractivity contribution in [2.75, 3.05) is 11.4 Å². The number of ether oxygens (including phenoxy) is 1. The van der Waals surface area contributed by atoms with Crippen LogP contribution in [0.4, 0.5) is 32.3 Å². The zero-order chi connectivity index (χ0) is 23.4. The number of hydrogen-bond donors (Lipinski definition) is 1. The van der Waals surface area contributed by atoms with E-state index in [2.05, 4.69) is 29.8 Å². The molecule has 0 unspecified atom stereocenters. The number of anilines is 1. The van der Waals surface area contributed by atoms with Crippen LogP contribution in [0, 0.1) is 0 Å². The largest absolute Gasteiger partial charge is 0.573 e. The van der Waals surface area contributed by atoms with E-state index in [0.717, 1.165) is 11.8 Å². The lowest BCUT2D eigenvalue weighted by Crippen LogP contribution is -2.37. The average molecular weight is 469 g/mol. The maximum atomic E-state index is 12.9. The second-order valence-corrected chi connectivity index (χ2v) is 7.20. The molecule has 1 aliphatic heterocycles. The first-order valence-corrected chi connectivity index (χ1v) is 9.52. The van der Waals surface area contributed by atoms with Crippen LogP contribution >= 0.6 is 0 Å². The van der Waals surface area contributed by atoms with E-state index in [0.29, 0.717) is 36.7 Å². The van der Waals surface area contributed by atoms with Gasteiger partial charge < -0.3 is 14.6 Å². The lowest BCUT2D eigenvalue weighted by atomic mass is 10.00. The highest BCUT2D eigenvalue weighted by Gasteiger charge is 2.37. The standard InChI is InChI=1S/C19H13F6N7O/c20-18(21,22)10-7-26-17(27-8-10)31-5-3-11-15(29-9-28-11)16(31)12-6-13-14(33-19(23,24)25)2-1-4-32(13)30-12/h1-2,4,6-9,16H,3,5H2,(H,28,29)/t16-/m0/s1. The normalized spacial score (nSPS) is 16.8. The molecule has 1 N–H and O–H groups in total. The van der Waals surface area contributed by atoms with Gasteiger partial charge in [-0.25, -0.2) is 19.5 Å². The molecule has 33 heavy (non-hydrogen) atoms. The molecular weight excluding hydrogens is 456 g/mol. The summed E-state index contributed by atoms with van der Waals surface area (Å²) in [6.07, 6.45) is -4.74. The SMILES string of the molecule is FC(F)(F)Oc1cccn2nc([C@H]3c4nc[nH]c4CCN3c3ncc(C(F)(F)F)cn3)cc12.